The second-order valence-electron chi connectivity index (χ2n) is 5.62. The van der Waals surface area contributed by atoms with Crippen molar-refractivity contribution in [2.24, 2.45) is 0 Å². The summed E-state index contributed by atoms with van der Waals surface area (Å²) in [6.45, 7) is 0.861. The molecule has 0 unspecified atom stereocenters. The molecule has 0 aliphatic rings. The molecule has 142 valence electrons. The minimum absolute atomic E-state index is 0.431. The van der Waals surface area contributed by atoms with Gasteiger partial charge in [0.05, 0.1) is 0 Å². The highest BCUT2D eigenvalue weighted by Crippen LogP contribution is 2.07. The Hall–Kier alpha value is -1.16. The van der Waals surface area contributed by atoms with Gasteiger partial charge in [0.25, 0.3) is 0 Å². The maximum atomic E-state index is 11.2. The molecule has 0 spiro atoms. The van der Waals surface area contributed by atoms with E-state index in [1.54, 1.807) is 23.5 Å². The molecule has 1 aromatic rings. The number of hydrogen-bond donors (Lipinski definition) is 5. The summed E-state index contributed by atoms with van der Waals surface area (Å²) in [7, 11) is 0. The van der Waals surface area contributed by atoms with E-state index in [0.29, 0.717) is 25.9 Å². The van der Waals surface area contributed by atoms with Gasteiger partial charge in [-0.25, -0.2) is 0 Å². The molecule has 0 bridgehead atoms. The molecule has 0 aromatic carbocycles. The Morgan fingerprint density at radius 3 is 1.68 bits per heavy atom. The summed E-state index contributed by atoms with van der Waals surface area (Å²) in [5.41, 5.74) is 1.76. The minimum Gasteiger partial charge on any atom is -0.480 e. The number of nitrogens with one attached hydrogen (secondary N) is 3. The molecule has 0 saturated carbocycles. The monoisotopic (exact) mass is 389 g/mol. The molecule has 7 nitrogen and oxygen atoms in total. The van der Waals surface area contributed by atoms with E-state index in [-0.39, 0.29) is 0 Å². The molecule has 9 heteroatoms. The Morgan fingerprint density at radius 1 is 0.960 bits per heavy atom. The number of carboxylic acid groups (broad SMARTS) is 2. The fourth-order valence-corrected chi connectivity index (χ4v) is 3.20. The average Bonchev–Trinajstić information content (AvgIpc) is 3.02. The highest BCUT2D eigenvalue weighted by atomic mass is 32.2. The lowest BCUT2D eigenvalue weighted by Gasteiger charge is -2.14. The van der Waals surface area contributed by atoms with Crippen molar-refractivity contribution >= 4 is 35.5 Å². The Kier molecular flexibility index (Phi) is 10.7. The zero-order valence-electron chi connectivity index (χ0n) is 14.6. The van der Waals surface area contributed by atoms with Crippen LogP contribution in [0.5, 0.6) is 0 Å². The summed E-state index contributed by atoms with van der Waals surface area (Å²) in [4.78, 5) is 25.6. The van der Waals surface area contributed by atoms with Crippen molar-refractivity contribution in [2.45, 2.75) is 38.0 Å². The topological polar surface area (TPSA) is 114 Å². The maximum Gasteiger partial charge on any atom is 0.320 e. The van der Waals surface area contributed by atoms with Gasteiger partial charge in [0.2, 0.25) is 0 Å². The van der Waals surface area contributed by atoms with Crippen LogP contribution in [0.3, 0.4) is 0 Å². The fourth-order valence-electron chi connectivity index (χ4n) is 2.26. The van der Waals surface area contributed by atoms with Crippen LogP contribution < -0.4 is 10.6 Å². The van der Waals surface area contributed by atoms with E-state index in [9.17, 15) is 19.8 Å². The summed E-state index contributed by atoms with van der Waals surface area (Å²) in [5, 5.41) is 24.5. The molecule has 1 aromatic heterocycles. The van der Waals surface area contributed by atoms with Gasteiger partial charge in [-0.2, -0.15) is 23.5 Å². The molecule has 1 rings (SSSR count). The molecule has 0 aliphatic heterocycles. The smallest absolute Gasteiger partial charge is 0.320 e. The third-order valence-electron chi connectivity index (χ3n) is 3.70. The quantitative estimate of drug-likeness (QED) is 0.326. The number of aromatic nitrogens is 1. The van der Waals surface area contributed by atoms with Crippen LogP contribution in [-0.2, 0) is 22.7 Å². The first-order valence-electron chi connectivity index (χ1n) is 8.05. The van der Waals surface area contributed by atoms with E-state index in [1.165, 1.54) is 0 Å². The number of aromatic amines is 1. The van der Waals surface area contributed by atoms with E-state index in [1.807, 2.05) is 24.6 Å². The van der Waals surface area contributed by atoms with Crippen molar-refractivity contribution in [3.8, 4) is 0 Å². The first-order chi connectivity index (χ1) is 12.0. The first kappa shape index (κ1) is 21.9. The largest absolute Gasteiger partial charge is 0.480 e. The lowest BCUT2D eigenvalue weighted by Crippen LogP contribution is -2.37. The number of rotatable bonds is 14. The Bertz CT molecular complexity index is 495. The molecular formula is C16H27N3O4S2. The van der Waals surface area contributed by atoms with Gasteiger partial charge >= 0.3 is 11.9 Å². The summed E-state index contributed by atoms with van der Waals surface area (Å²) >= 11 is 3.24. The number of aliphatic carboxylic acids is 2. The van der Waals surface area contributed by atoms with Gasteiger partial charge in [0.15, 0.2) is 0 Å². The number of carbonyl (C=O) groups is 2. The van der Waals surface area contributed by atoms with Crippen molar-refractivity contribution in [3.63, 3.8) is 0 Å². The SMILES string of the molecule is CSCC[C@H](NCc1ccc(CN[C@@H](CCSC)C(=O)O)[nH]1)C(=O)O. The van der Waals surface area contributed by atoms with Crippen LogP contribution in [0.1, 0.15) is 24.2 Å². The summed E-state index contributed by atoms with van der Waals surface area (Å²) in [6.07, 6.45) is 5.04. The van der Waals surface area contributed by atoms with Crippen LogP contribution in [0, 0.1) is 0 Å². The molecule has 2 atom stereocenters. The van der Waals surface area contributed by atoms with Gasteiger partial charge in [-0.05, 0) is 49.0 Å². The van der Waals surface area contributed by atoms with Crippen LogP contribution in [0.2, 0.25) is 0 Å². The predicted molar refractivity (Wildman–Crippen MR) is 103 cm³/mol. The van der Waals surface area contributed by atoms with E-state index in [4.69, 9.17) is 0 Å². The first-order valence-corrected chi connectivity index (χ1v) is 10.8. The van der Waals surface area contributed by atoms with Crippen molar-refractivity contribution < 1.29 is 19.8 Å². The number of thioether (sulfide) groups is 2. The minimum atomic E-state index is -0.847. The third-order valence-corrected chi connectivity index (χ3v) is 4.99. The van der Waals surface area contributed by atoms with Crippen molar-refractivity contribution in [1.82, 2.24) is 15.6 Å². The summed E-state index contributed by atoms with van der Waals surface area (Å²) in [6, 6.07) is 2.63. The van der Waals surface area contributed by atoms with Gasteiger partial charge in [-0.3, -0.25) is 20.2 Å². The van der Waals surface area contributed by atoms with Crippen LogP contribution in [0.15, 0.2) is 12.1 Å². The molecule has 0 aliphatic carbocycles. The Labute approximate surface area is 156 Å². The standard InChI is InChI=1S/C16H27N3O4S2/c1-24-7-5-13(15(20)21)17-9-11-3-4-12(19-11)10-18-14(16(22)23)6-8-25-2/h3-4,13-14,17-19H,5-10H2,1-2H3,(H,20,21)(H,22,23)/t13-,14-/m0/s1. The number of H-pyrrole nitrogens is 1. The Balaban J connectivity index is 2.47. The van der Waals surface area contributed by atoms with Crippen LogP contribution >= 0.6 is 23.5 Å². The van der Waals surface area contributed by atoms with E-state index < -0.39 is 24.0 Å². The lowest BCUT2D eigenvalue weighted by molar-refractivity contribution is -0.140. The van der Waals surface area contributed by atoms with E-state index in [2.05, 4.69) is 15.6 Å². The van der Waals surface area contributed by atoms with Crippen LogP contribution in [0.25, 0.3) is 0 Å². The van der Waals surface area contributed by atoms with Gasteiger partial charge in [-0.1, -0.05) is 0 Å². The normalized spacial score (nSPS) is 13.5. The van der Waals surface area contributed by atoms with Gasteiger partial charge in [0, 0.05) is 24.5 Å². The third kappa shape index (κ3) is 8.66. The summed E-state index contributed by atoms with van der Waals surface area (Å²) in [5.74, 6) is -0.117. The maximum absolute atomic E-state index is 11.2. The second-order valence-corrected chi connectivity index (χ2v) is 7.59. The van der Waals surface area contributed by atoms with E-state index in [0.717, 1.165) is 22.9 Å². The molecule has 1 heterocycles. The molecule has 0 radical (unpaired) electrons. The van der Waals surface area contributed by atoms with Gasteiger partial charge in [-0.15, -0.1) is 0 Å². The highest BCUT2D eigenvalue weighted by Gasteiger charge is 2.17. The zero-order chi connectivity index (χ0) is 18.7. The Morgan fingerprint density at radius 2 is 1.36 bits per heavy atom. The van der Waals surface area contributed by atoms with Crippen LogP contribution in [0.4, 0.5) is 0 Å². The van der Waals surface area contributed by atoms with Crippen molar-refractivity contribution in [3.05, 3.63) is 23.5 Å². The molecule has 25 heavy (non-hydrogen) atoms. The zero-order valence-corrected chi connectivity index (χ0v) is 16.2. The predicted octanol–water partition coefficient (Wildman–Crippen LogP) is 1.61. The van der Waals surface area contributed by atoms with Crippen molar-refractivity contribution in [1.29, 1.82) is 0 Å². The second kappa shape index (κ2) is 12.2. The number of hydrogen-bond acceptors (Lipinski definition) is 6. The molecule has 0 saturated heterocycles. The molecule has 0 fully saturated rings. The highest BCUT2D eigenvalue weighted by molar-refractivity contribution is 7.98. The van der Waals surface area contributed by atoms with Gasteiger partial charge < -0.3 is 15.2 Å². The lowest BCUT2D eigenvalue weighted by atomic mass is 10.2. The molecule has 0 amide bonds. The average molecular weight is 390 g/mol. The summed E-state index contributed by atoms with van der Waals surface area (Å²) < 4.78 is 0. The van der Waals surface area contributed by atoms with Gasteiger partial charge in [0.1, 0.15) is 12.1 Å². The number of carboxylic acids is 2. The van der Waals surface area contributed by atoms with Crippen LogP contribution in [-0.4, -0.2) is 63.2 Å². The molecule has 5 N–H and O–H groups in total. The fraction of sp³-hybridized carbons (Fsp3) is 0.625. The van der Waals surface area contributed by atoms with E-state index >= 15 is 0 Å². The van der Waals surface area contributed by atoms with Crippen molar-refractivity contribution in [2.75, 3.05) is 24.0 Å². The molecular weight excluding hydrogens is 362 g/mol.